The van der Waals surface area contributed by atoms with E-state index in [2.05, 4.69) is 15.9 Å². The Morgan fingerprint density at radius 2 is 1.89 bits per heavy atom. The SMILES string of the molecule is NC(Cc1ccc(Cl)cc1Cl)c1cc(F)cc(Br)c1. The third-order valence-corrected chi connectivity index (χ3v) is 3.81. The Bertz CT molecular complexity index is 584. The highest BCUT2D eigenvalue weighted by Gasteiger charge is 2.11. The normalized spacial score (nSPS) is 12.5. The maximum absolute atomic E-state index is 13.3. The summed E-state index contributed by atoms with van der Waals surface area (Å²) in [5.74, 6) is -0.318. The molecule has 0 aliphatic rings. The minimum atomic E-state index is -0.328. The van der Waals surface area contributed by atoms with Gasteiger partial charge >= 0.3 is 0 Å². The van der Waals surface area contributed by atoms with Crippen LogP contribution >= 0.6 is 39.1 Å². The fraction of sp³-hybridized carbons (Fsp3) is 0.143. The fourth-order valence-electron chi connectivity index (χ4n) is 1.83. The average Bonchev–Trinajstić information content (AvgIpc) is 2.31. The molecule has 2 N–H and O–H groups in total. The summed E-state index contributed by atoms with van der Waals surface area (Å²) in [7, 11) is 0. The van der Waals surface area contributed by atoms with Gasteiger partial charge in [0.2, 0.25) is 0 Å². The van der Waals surface area contributed by atoms with Crippen LogP contribution in [0.1, 0.15) is 17.2 Å². The number of rotatable bonds is 3. The lowest BCUT2D eigenvalue weighted by Crippen LogP contribution is -2.14. The fourth-order valence-corrected chi connectivity index (χ4v) is 2.80. The molecule has 0 saturated carbocycles. The molecule has 0 aliphatic heterocycles. The summed E-state index contributed by atoms with van der Waals surface area (Å²) in [6, 6.07) is 9.57. The molecule has 0 aromatic heterocycles. The van der Waals surface area contributed by atoms with Crippen molar-refractivity contribution in [3.8, 4) is 0 Å². The summed E-state index contributed by atoms with van der Waals surface area (Å²) in [5, 5.41) is 1.15. The van der Waals surface area contributed by atoms with Gasteiger partial charge in [0, 0.05) is 20.6 Å². The highest BCUT2D eigenvalue weighted by atomic mass is 79.9. The van der Waals surface area contributed by atoms with Crippen LogP contribution in [0.5, 0.6) is 0 Å². The van der Waals surface area contributed by atoms with Crippen LogP contribution in [0, 0.1) is 5.82 Å². The second-order valence-corrected chi connectivity index (χ2v) is 6.01. The van der Waals surface area contributed by atoms with Gasteiger partial charge in [0.1, 0.15) is 5.82 Å². The van der Waals surface area contributed by atoms with Crippen molar-refractivity contribution in [3.05, 3.63) is 67.9 Å². The monoisotopic (exact) mass is 361 g/mol. The van der Waals surface area contributed by atoms with Crippen molar-refractivity contribution in [2.45, 2.75) is 12.5 Å². The van der Waals surface area contributed by atoms with E-state index in [-0.39, 0.29) is 11.9 Å². The third-order valence-electron chi connectivity index (χ3n) is 2.77. The van der Waals surface area contributed by atoms with E-state index < -0.39 is 0 Å². The minimum Gasteiger partial charge on any atom is -0.324 e. The van der Waals surface area contributed by atoms with Crippen LogP contribution in [0.25, 0.3) is 0 Å². The first-order chi connectivity index (χ1) is 8.95. The zero-order chi connectivity index (χ0) is 14.0. The van der Waals surface area contributed by atoms with Crippen LogP contribution in [0.3, 0.4) is 0 Å². The van der Waals surface area contributed by atoms with Crippen LogP contribution in [0.15, 0.2) is 40.9 Å². The Hall–Kier alpha value is -0.610. The molecule has 1 atom stereocenters. The number of halogens is 4. The van der Waals surface area contributed by atoms with Gasteiger partial charge in [-0.3, -0.25) is 0 Å². The first-order valence-corrected chi connectivity index (χ1v) is 7.16. The number of hydrogen-bond donors (Lipinski definition) is 1. The lowest BCUT2D eigenvalue weighted by atomic mass is 9.99. The summed E-state index contributed by atoms with van der Waals surface area (Å²) in [4.78, 5) is 0. The van der Waals surface area contributed by atoms with Crippen LogP contribution < -0.4 is 5.73 Å². The van der Waals surface area contributed by atoms with Crippen molar-refractivity contribution in [2.24, 2.45) is 5.73 Å². The van der Waals surface area contributed by atoms with Gasteiger partial charge in [0.05, 0.1) is 0 Å². The molecule has 2 aromatic carbocycles. The summed E-state index contributed by atoms with van der Waals surface area (Å²) < 4.78 is 14.0. The molecule has 2 rings (SSSR count). The molecule has 0 aliphatic carbocycles. The van der Waals surface area contributed by atoms with E-state index in [0.717, 1.165) is 11.1 Å². The Balaban J connectivity index is 2.22. The van der Waals surface area contributed by atoms with E-state index in [1.807, 2.05) is 6.07 Å². The van der Waals surface area contributed by atoms with E-state index in [1.54, 1.807) is 18.2 Å². The lowest BCUT2D eigenvalue weighted by molar-refractivity contribution is 0.617. The first-order valence-electron chi connectivity index (χ1n) is 5.61. The highest BCUT2D eigenvalue weighted by molar-refractivity contribution is 9.10. The van der Waals surface area contributed by atoms with Crippen molar-refractivity contribution in [3.63, 3.8) is 0 Å². The quantitative estimate of drug-likeness (QED) is 0.803. The minimum absolute atomic E-state index is 0.318. The number of hydrogen-bond acceptors (Lipinski definition) is 1. The summed E-state index contributed by atoms with van der Waals surface area (Å²) in [6.07, 6.45) is 0.520. The van der Waals surface area contributed by atoms with Gasteiger partial charge in [-0.1, -0.05) is 45.2 Å². The van der Waals surface area contributed by atoms with Crippen molar-refractivity contribution in [2.75, 3.05) is 0 Å². The molecule has 0 bridgehead atoms. The topological polar surface area (TPSA) is 26.0 Å². The lowest BCUT2D eigenvalue weighted by Gasteiger charge is -2.14. The second-order valence-electron chi connectivity index (χ2n) is 4.25. The van der Waals surface area contributed by atoms with E-state index in [1.165, 1.54) is 12.1 Å². The molecule has 0 spiro atoms. The molecule has 1 unspecified atom stereocenters. The zero-order valence-corrected chi connectivity index (χ0v) is 12.9. The zero-order valence-electron chi connectivity index (χ0n) is 9.84. The van der Waals surface area contributed by atoms with Crippen molar-refractivity contribution >= 4 is 39.1 Å². The van der Waals surface area contributed by atoms with Crippen LogP contribution in [0.2, 0.25) is 10.0 Å². The van der Waals surface area contributed by atoms with Gasteiger partial charge in [-0.2, -0.15) is 0 Å². The predicted molar refractivity (Wildman–Crippen MR) is 81.2 cm³/mol. The van der Waals surface area contributed by atoms with Gasteiger partial charge in [0.15, 0.2) is 0 Å². The van der Waals surface area contributed by atoms with E-state index in [4.69, 9.17) is 28.9 Å². The molecule has 0 radical (unpaired) electrons. The molecule has 0 heterocycles. The molecule has 0 saturated heterocycles. The molecule has 1 nitrogen and oxygen atoms in total. The van der Waals surface area contributed by atoms with Gasteiger partial charge in [0.25, 0.3) is 0 Å². The van der Waals surface area contributed by atoms with E-state index >= 15 is 0 Å². The van der Waals surface area contributed by atoms with Crippen molar-refractivity contribution in [1.82, 2.24) is 0 Å². The van der Waals surface area contributed by atoms with E-state index in [0.29, 0.717) is 20.9 Å². The van der Waals surface area contributed by atoms with Gasteiger partial charge in [-0.25, -0.2) is 4.39 Å². The number of nitrogens with two attached hydrogens (primary N) is 1. The molecule has 5 heteroatoms. The molecular weight excluding hydrogens is 352 g/mol. The largest absolute Gasteiger partial charge is 0.324 e. The van der Waals surface area contributed by atoms with Gasteiger partial charge in [-0.15, -0.1) is 0 Å². The smallest absolute Gasteiger partial charge is 0.124 e. The maximum Gasteiger partial charge on any atom is 0.124 e. The summed E-state index contributed by atoms with van der Waals surface area (Å²) in [6.45, 7) is 0. The molecule has 0 fully saturated rings. The van der Waals surface area contributed by atoms with E-state index in [9.17, 15) is 4.39 Å². The highest BCUT2D eigenvalue weighted by Crippen LogP contribution is 2.26. The summed E-state index contributed by atoms with van der Waals surface area (Å²) >= 11 is 15.2. The molecular formula is C14H11BrCl2FN. The van der Waals surface area contributed by atoms with Crippen molar-refractivity contribution < 1.29 is 4.39 Å². The third kappa shape index (κ3) is 3.93. The van der Waals surface area contributed by atoms with Crippen LogP contribution in [0.4, 0.5) is 4.39 Å². The molecule has 100 valence electrons. The molecule has 19 heavy (non-hydrogen) atoms. The van der Waals surface area contributed by atoms with Crippen LogP contribution in [-0.4, -0.2) is 0 Å². The number of benzene rings is 2. The first kappa shape index (κ1) is 14.8. The second kappa shape index (κ2) is 6.23. The maximum atomic E-state index is 13.3. The summed E-state index contributed by atoms with van der Waals surface area (Å²) in [5.41, 5.74) is 7.70. The van der Waals surface area contributed by atoms with Crippen molar-refractivity contribution in [1.29, 1.82) is 0 Å². The molecule has 2 aromatic rings. The predicted octanol–water partition coefficient (Wildman–Crippen LogP) is 5.14. The van der Waals surface area contributed by atoms with Gasteiger partial charge in [-0.05, 0) is 47.9 Å². The van der Waals surface area contributed by atoms with Crippen LogP contribution in [-0.2, 0) is 6.42 Å². The standard InChI is InChI=1S/C14H11BrCl2FN/c15-10-3-9(4-12(18)6-10)14(19)5-8-1-2-11(16)7-13(8)17/h1-4,6-7,14H,5,19H2. The molecule has 0 amide bonds. The Kier molecular flexibility index (Phi) is 4.85. The average molecular weight is 363 g/mol. The Morgan fingerprint density at radius 1 is 1.16 bits per heavy atom. The Morgan fingerprint density at radius 3 is 2.53 bits per heavy atom. The van der Waals surface area contributed by atoms with Gasteiger partial charge < -0.3 is 5.73 Å². The Labute approximate surface area is 129 Å².